The minimum absolute atomic E-state index is 0.0976. The minimum atomic E-state index is -0.494. The molecule has 112 valence electrons. The van der Waals surface area contributed by atoms with Crippen molar-refractivity contribution in [3.05, 3.63) is 77.9 Å². The highest BCUT2D eigenvalue weighted by Crippen LogP contribution is 2.16. The zero-order valence-corrected chi connectivity index (χ0v) is 12.2. The number of rotatable bonds is 6. The highest BCUT2D eigenvalue weighted by Gasteiger charge is 2.10. The van der Waals surface area contributed by atoms with Crippen LogP contribution in [-0.2, 0) is 16.1 Å². The Morgan fingerprint density at radius 1 is 1.09 bits per heavy atom. The predicted molar refractivity (Wildman–Crippen MR) is 82.9 cm³/mol. The molecule has 0 radical (unpaired) electrons. The average Bonchev–Trinajstić information content (AvgIpc) is 2.59. The molecule has 0 heterocycles. The van der Waals surface area contributed by atoms with Crippen LogP contribution in [0.4, 0.5) is 0 Å². The monoisotopic (exact) mass is 296 g/mol. The summed E-state index contributed by atoms with van der Waals surface area (Å²) in [5, 5.41) is 0. The Balaban J connectivity index is 2.15. The van der Waals surface area contributed by atoms with Gasteiger partial charge in [0, 0.05) is 17.2 Å². The largest absolute Gasteiger partial charge is 0.497 e. The summed E-state index contributed by atoms with van der Waals surface area (Å²) in [4.78, 5) is 23.5. The number of ketones is 1. The van der Waals surface area contributed by atoms with Gasteiger partial charge in [0.1, 0.15) is 12.4 Å². The van der Waals surface area contributed by atoms with E-state index in [1.165, 1.54) is 0 Å². The van der Waals surface area contributed by atoms with Crippen molar-refractivity contribution in [2.75, 3.05) is 7.11 Å². The number of esters is 1. The molecule has 2 aromatic carbocycles. The van der Waals surface area contributed by atoms with Gasteiger partial charge in [0.05, 0.1) is 7.11 Å². The van der Waals surface area contributed by atoms with E-state index in [2.05, 4.69) is 6.58 Å². The Labute approximate surface area is 129 Å². The third kappa shape index (κ3) is 3.82. The molecule has 2 rings (SSSR count). The number of carbonyl (C=O) groups excluding carboxylic acids is 2. The van der Waals surface area contributed by atoms with E-state index in [1.807, 2.05) is 0 Å². The molecule has 2 aromatic rings. The van der Waals surface area contributed by atoms with Gasteiger partial charge in [-0.3, -0.25) is 4.79 Å². The molecule has 0 saturated carbocycles. The summed E-state index contributed by atoms with van der Waals surface area (Å²) in [6.45, 7) is 3.44. The lowest BCUT2D eigenvalue weighted by atomic mass is 10.0. The molecular weight excluding hydrogens is 280 g/mol. The lowest BCUT2D eigenvalue weighted by Gasteiger charge is -2.06. The number of ether oxygens (including phenoxy) is 2. The van der Waals surface area contributed by atoms with Crippen molar-refractivity contribution < 1.29 is 19.1 Å². The molecule has 0 fully saturated rings. The molecule has 0 bridgehead atoms. The van der Waals surface area contributed by atoms with Gasteiger partial charge < -0.3 is 9.47 Å². The molecule has 0 unspecified atom stereocenters. The summed E-state index contributed by atoms with van der Waals surface area (Å²) in [6.07, 6.45) is 1.10. The normalized spacial score (nSPS) is 9.86. The number of benzene rings is 2. The fourth-order valence-electron chi connectivity index (χ4n) is 1.92. The highest BCUT2D eigenvalue weighted by molar-refractivity contribution is 6.09. The van der Waals surface area contributed by atoms with Gasteiger partial charge in [0.2, 0.25) is 0 Å². The van der Waals surface area contributed by atoms with Crippen LogP contribution in [0, 0.1) is 0 Å². The molecule has 0 spiro atoms. The maximum absolute atomic E-state index is 12.4. The number of hydrogen-bond acceptors (Lipinski definition) is 4. The third-order valence-electron chi connectivity index (χ3n) is 3.09. The molecule has 0 saturated heterocycles. The van der Waals surface area contributed by atoms with Crippen LogP contribution in [0.5, 0.6) is 5.75 Å². The van der Waals surface area contributed by atoms with Crippen molar-refractivity contribution in [3.8, 4) is 5.75 Å². The van der Waals surface area contributed by atoms with Crippen molar-refractivity contribution in [1.82, 2.24) is 0 Å². The molecule has 0 N–H and O–H groups in total. The van der Waals surface area contributed by atoms with Crippen LogP contribution in [0.15, 0.2) is 61.2 Å². The van der Waals surface area contributed by atoms with E-state index in [-0.39, 0.29) is 12.4 Å². The quantitative estimate of drug-likeness (QED) is 0.467. The second kappa shape index (κ2) is 7.22. The van der Waals surface area contributed by atoms with Gasteiger partial charge in [-0.25, -0.2) is 4.79 Å². The molecule has 0 aliphatic rings. The third-order valence-corrected chi connectivity index (χ3v) is 3.09. The second-order valence-corrected chi connectivity index (χ2v) is 4.57. The summed E-state index contributed by atoms with van der Waals surface area (Å²) in [6, 6.07) is 13.9. The van der Waals surface area contributed by atoms with Gasteiger partial charge in [-0.05, 0) is 35.9 Å². The minimum Gasteiger partial charge on any atom is -0.497 e. The van der Waals surface area contributed by atoms with E-state index < -0.39 is 5.97 Å². The van der Waals surface area contributed by atoms with E-state index in [0.717, 1.165) is 11.6 Å². The topological polar surface area (TPSA) is 52.6 Å². The van der Waals surface area contributed by atoms with E-state index in [1.54, 1.807) is 55.6 Å². The number of hydrogen-bond donors (Lipinski definition) is 0. The first-order chi connectivity index (χ1) is 10.6. The predicted octanol–water partition coefficient (Wildman–Crippen LogP) is 3.16. The van der Waals surface area contributed by atoms with Crippen LogP contribution in [0.1, 0.15) is 21.5 Å². The van der Waals surface area contributed by atoms with Crippen molar-refractivity contribution in [2.24, 2.45) is 0 Å². The lowest BCUT2D eigenvalue weighted by Crippen LogP contribution is -2.04. The van der Waals surface area contributed by atoms with E-state index in [0.29, 0.717) is 16.9 Å². The standard InChI is InChI=1S/C18H16O4/c1-3-17(19)22-12-13-5-4-6-15(11-13)18(20)14-7-9-16(21-2)10-8-14/h3-11H,1,12H2,2H3. The summed E-state index contributed by atoms with van der Waals surface area (Å²) in [5.41, 5.74) is 1.85. The molecule has 0 aromatic heterocycles. The highest BCUT2D eigenvalue weighted by atomic mass is 16.5. The van der Waals surface area contributed by atoms with Gasteiger partial charge in [0.15, 0.2) is 5.78 Å². The van der Waals surface area contributed by atoms with Crippen molar-refractivity contribution in [1.29, 1.82) is 0 Å². The smallest absolute Gasteiger partial charge is 0.330 e. The SMILES string of the molecule is C=CC(=O)OCc1cccc(C(=O)c2ccc(OC)cc2)c1. The van der Waals surface area contributed by atoms with Crippen molar-refractivity contribution in [3.63, 3.8) is 0 Å². The van der Waals surface area contributed by atoms with Crippen molar-refractivity contribution >= 4 is 11.8 Å². The Bertz CT molecular complexity index is 686. The van der Waals surface area contributed by atoms with Crippen LogP contribution in [-0.4, -0.2) is 18.9 Å². The number of carbonyl (C=O) groups is 2. The maximum atomic E-state index is 12.4. The van der Waals surface area contributed by atoms with Gasteiger partial charge in [0.25, 0.3) is 0 Å². The summed E-state index contributed by atoms with van der Waals surface area (Å²) < 4.78 is 10.0. The van der Waals surface area contributed by atoms with E-state index in [4.69, 9.17) is 9.47 Å². The van der Waals surface area contributed by atoms with Crippen molar-refractivity contribution in [2.45, 2.75) is 6.61 Å². The van der Waals surface area contributed by atoms with Gasteiger partial charge in [-0.15, -0.1) is 0 Å². The fourth-order valence-corrected chi connectivity index (χ4v) is 1.92. The van der Waals surface area contributed by atoms with Crippen LogP contribution >= 0.6 is 0 Å². The Morgan fingerprint density at radius 2 is 1.82 bits per heavy atom. The molecule has 22 heavy (non-hydrogen) atoms. The zero-order chi connectivity index (χ0) is 15.9. The van der Waals surface area contributed by atoms with Crippen LogP contribution < -0.4 is 4.74 Å². The Kier molecular flexibility index (Phi) is 5.09. The van der Waals surface area contributed by atoms with E-state index >= 15 is 0 Å². The fraction of sp³-hybridized carbons (Fsp3) is 0.111. The first kappa shape index (κ1) is 15.5. The van der Waals surface area contributed by atoms with Crippen LogP contribution in [0.3, 0.4) is 0 Å². The van der Waals surface area contributed by atoms with Gasteiger partial charge in [-0.2, -0.15) is 0 Å². The summed E-state index contributed by atoms with van der Waals surface area (Å²) >= 11 is 0. The summed E-state index contributed by atoms with van der Waals surface area (Å²) in [5.74, 6) is 0.105. The maximum Gasteiger partial charge on any atom is 0.330 e. The van der Waals surface area contributed by atoms with Crippen LogP contribution in [0.2, 0.25) is 0 Å². The Hall–Kier alpha value is -2.88. The van der Waals surface area contributed by atoms with Crippen LogP contribution in [0.25, 0.3) is 0 Å². The summed E-state index contributed by atoms with van der Waals surface area (Å²) in [7, 11) is 1.57. The second-order valence-electron chi connectivity index (χ2n) is 4.57. The lowest BCUT2D eigenvalue weighted by molar-refractivity contribution is -0.138. The number of methoxy groups -OCH3 is 1. The molecule has 0 amide bonds. The zero-order valence-electron chi connectivity index (χ0n) is 12.2. The molecule has 0 aliphatic carbocycles. The first-order valence-electron chi connectivity index (χ1n) is 6.71. The molecular formula is C18H16O4. The Morgan fingerprint density at radius 3 is 2.45 bits per heavy atom. The van der Waals surface area contributed by atoms with E-state index in [9.17, 15) is 9.59 Å². The van der Waals surface area contributed by atoms with Gasteiger partial charge >= 0.3 is 5.97 Å². The molecule has 0 atom stereocenters. The molecule has 0 aliphatic heterocycles. The molecule has 4 nitrogen and oxygen atoms in total. The first-order valence-corrected chi connectivity index (χ1v) is 6.71. The molecule has 4 heteroatoms. The van der Waals surface area contributed by atoms with Gasteiger partial charge in [-0.1, -0.05) is 24.8 Å². The average molecular weight is 296 g/mol.